The molecule has 0 N–H and O–H groups in total. The van der Waals surface area contributed by atoms with Crippen molar-refractivity contribution in [2.45, 2.75) is 72.1 Å². The zero-order valence-electron chi connectivity index (χ0n) is 15.2. The molecule has 1 saturated heterocycles. The van der Waals surface area contributed by atoms with E-state index in [4.69, 9.17) is 0 Å². The molecule has 22 heavy (non-hydrogen) atoms. The molecule has 0 aromatic heterocycles. The number of nitrogens with zero attached hydrogens (tertiary/aromatic N) is 1. The first-order valence-corrected chi connectivity index (χ1v) is 9.45. The molecule has 0 radical (unpaired) electrons. The number of piperidine rings is 1. The van der Waals surface area contributed by atoms with E-state index in [1.165, 1.54) is 75.6 Å². The first-order valence-electron chi connectivity index (χ1n) is 9.45. The van der Waals surface area contributed by atoms with Crippen molar-refractivity contribution in [3.8, 4) is 0 Å². The lowest BCUT2D eigenvalue weighted by atomic mass is 9.89. The van der Waals surface area contributed by atoms with Crippen molar-refractivity contribution in [2.24, 2.45) is 5.92 Å². The maximum absolute atomic E-state index is 4.41. The Morgan fingerprint density at radius 2 is 1.82 bits per heavy atom. The van der Waals surface area contributed by atoms with Crippen molar-refractivity contribution in [1.82, 2.24) is 4.90 Å². The maximum Gasteiger partial charge on any atom is 0.0233 e. The minimum absolute atomic E-state index is 0.673. The van der Waals surface area contributed by atoms with Gasteiger partial charge in [-0.1, -0.05) is 69.9 Å². The molecule has 1 rings (SSSR count). The number of hydrogen-bond donors (Lipinski definition) is 0. The van der Waals surface area contributed by atoms with Crippen LogP contribution in [-0.4, -0.2) is 24.5 Å². The predicted molar refractivity (Wildman–Crippen MR) is 100 cm³/mol. The van der Waals surface area contributed by atoms with Crippen LogP contribution in [0, 0.1) is 5.92 Å². The van der Waals surface area contributed by atoms with Gasteiger partial charge in [0.25, 0.3) is 0 Å². The highest BCUT2D eigenvalue weighted by Gasteiger charge is 2.13. The molecule has 0 aromatic carbocycles. The fourth-order valence-corrected chi connectivity index (χ4v) is 3.41. The second-order valence-electron chi connectivity index (χ2n) is 6.76. The zero-order valence-corrected chi connectivity index (χ0v) is 15.2. The molecule has 1 nitrogen and oxygen atoms in total. The van der Waals surface area contributed by atoms with E-state index in [0.29, 0.717) is 5.92 Å². The van der Waals surface area contributed by atoms with Crippen molar-refractivity contribution in [1.29, 1.82) is 0 Å². The van der Waals surface area contributed by atoms with Gasteiger partial charge in [0.2, 0.25) is 0 Å². The Morgan fingerprint density at radius 1 is 1.09 bits per heavy atom. The molecule has 0 saturated carbocycles. The maximum atomic E-state index is 4.41. The average molecular weight is 304 g/mol. The lowest BCUT2D eigenvalue weighted by molar-refractivity contribution is 0.248. The molecule has 1 heterocycles. The van der Waals surface area contributed by atoms with E-state index >= 15 is 0 Å². The Morgan fingerprint density at radius 3 is 2.41 bits per heavy atom. The highest BCUT2D eigenvalue weighted by atomic mass is 15.1. The normalized spacial score (nSPS) is 18.8. The third-order valence-electron chi connectivity index (χ3n) is 4.67. The molecular formula is C21H37N. The van der Waals surface area contributed by atoms with Gasteiger partial charge in [-0.2, -0.15) is 0 Å². The average Bonchev–Trinajstić information content (AvgIpc) is 2.52. The van der Waals surface area contributed by atoms with E-state index in [2.05, 4.69) is 50.5 Å². The molecule has 1 atom stereocenters. The van der Waals surface area contributed by atoms with Crippen LogP contribution >= 0.6 is 0 Å². The quantitative estimate of drug-likeness (QED) is 0.438. The van der Waals surface area contributed by atoms with Crippen LogP contribution in [0.4, 0.5) is 0 Å². The third kappa shape index (κ3) is 7.45. The van der Waals surface area contributed by atoms with Crippen LogP contribution in [0.15, 0.2) is 36.0 Å². The summed E-state index contributed by atoms with van der Waals surface area (Å²) in [6.07, 6.45) is 17.4. The van der Waals surface area contributed by atoms with Gasteiger partial charge in [-0.3, -0.25) is 4.90 Å². The van der Waals surface area contributed by atoms with Gasteiger partial charge >= 0.3 is 0 Å². The van der Waals surface area contributed by atoms with Gasteiger partial charge in [0.15, 0.2) is 0 Å². The summed E-state index contributed by atoms with van der Waals surface area (Å²) in [5.74, 6) is 0.673. The second kappa shape index (κ2) is 11.7. The van der Waals surface area contributed by atoms with E-state index in [1.54, 1.807) is 0 Å². The van der Waals surface area contributed by atoms with E-state index in [-0.39, 0.29) is 0 Å². The summed E-state index contributed by atoms with van der Waals surface area (Å²) in [5, 5.41) is 0. The molecule has 0 spiro atoms. The topological polar surface area (TPSA) is 3.24 Å². The minimum Gasteiger partial charge on any atom is -0.299 e. The number of allylic oxidation sites excluding steroid dienone is 3. The van der Waals surface area contributed by atoms with Crippen molar-refractivity contribution >= 4 is 0 Å². The van der Waals surface area contributed by atoms with Gasteiger partial charge in [0.1, 0.15) is 0 Å². The molecule has 0 aliphatic carbocycles. The summed E-state index contributed by atoms with van der Waals surface area (Å²) in [7, 11) is 0. The lowest BCUT2D eigenvalue weighted by Crippen LogP contribution is -2.31. The van der Waals surface area contributed by atoms with Crippen LogP contribution in [0.5, 0.6) is 0 Å². The van der Waals surface area contributed by atoms with Gasteiger partial charge in [-0.05, 0) is 57.2 Å². The monoisotopic (exact) mass is 303 g/mol. The molecule has 0 amide bonds. The fraction of sp³-hybridized carbons (Fsp3) is 0.714. The van der Waals surface area contributed by atoms with Gasteiger partial charge in [0.05, 0.1) is 0 Å². The van der Waals surface area contributed by atoms with E-state index in [1.807, 2.05) is 0 Å². The Hall–Kier alpha value is -0.820. The summed E-state index contributed by atoms with van der Waals surface area (Å²) in [5.41, 5.74) is 2.78. The molecule has 1 aliphatic heterocycles. The van der Waals surface area contributed by atoms with Gasteiger partial charge in [-0.15, -0.1) is 0 Å². The van der Waals surface area contributed by atoms with E-state index in [0.717, 1.165) is 6.54 Å². The van der Waals surface area contributed by atoms with Crippen LogP contribution in [0.2, 0.25) is 0 Å². The van der Waals surface area contributed by atoms with Crippen LogP contribution in [0.25, 0.3) is 0 Å². The number of unbranched alkanes of at least 4 members (excludes halogenated alkanes) is 1. The molecule has 126 valence electrons. The third-order valence-corrected chi connectivity index (χ3v) is 4.67. The van der Waals surface area contributed by atoms with Crippen molar-refractivity contribution in [3.05, 3.63) is 36.0 Å². The Bertz CT molecular complexity index is 358. The standard InChI is InChI=1S/C21H37N/c1-5-8-14-21(13-7-3)19(4)17-20(12-6-2)18-22-15-10-9-11-16-22/h6,12,17,21H,4-5,7-11,13-16,18H2,1-3H3/b12-6-,20-17+. The Kier molecular flexibility index (Phi) is 10.2. The molecule has 0 aromatic rings. The van der Waals surface area contributed by atoms with Gasteiger partial charge in [0, 0.05) is 6.54 Å². The van der Waals surface area contributed by atoms with Crippen LogP contribution in [0.3, 0.4) is 0 Å². The second-order valence-corrected chi connectivity index (χ2v) is 6.76. The summed E-state index contributed by atoms with van der Waals surface area (Å²) < 4.78 is 0. The molecule has 0 bridgehead atoms. The number of hydrogen-bond acceptors (Lipinski definition) is 1. The van der Waals surface area contributed by atoms with Crippen molar-refractivity contribution in [3.63, 3.8) is 0 Å². The van der Waals surface area contributed by atoms with Crippen LogP contribution < -0.4 is 0 Å². The van der Waals surface area contributed by atoms with E-state index < -0.39 is 0 Å². The number of rotatable bonds is 10. The zero-order chi connectivity index (χ0) is 16.2. The summed E-state index contributed by atoms with van der Waals surface area (Å²) >= 11 is 0. The summed E-state index contributed by atoms with van der Waals surface area (Å²) in [6, 6.07) is 0. The Balaban J connectivity index is 2.68. The largest absolute Gasteiger partial charge is 0.299 e. The van der Waals surface area contributed by atoms with Crippen LogP contribution in [-0.2, 0) is 0 Å². The summed E-state index contributed by atoms with van der Waals surface area (Å²) in [4.78, 5) is 2.60. The predicted octanol–water partition coefficient (Wildman–Crippen LogP) is 6.14. The molecule has 1 fully saturated rings. The van der Waals surface area contributed by atoms with Gasteiger partial charge in [-0.25, -0.2) is 0 Å². The number of likely N-dealkylation sites (tertiary alicyclic amines) is 1. The summed E-state index contributed by atoms with van der Waals surface area (Å²) in [6.45, 7) is 14.7. The first-order chi connectivity index (χ1) is 10.7. The van der Waals surface area contributed by atoms with Crippen molar-refractivity contribution < 1.29 is 0 Å². The fourth-order valence-electron chi connectivity index (χ4n) is 3.41. The van der Waals surface area contributed by atoms with Gasteiger partial charge < -0.3 is 0 Å². The molecule has 1 heteroatoms. The molecular weight excluding hydrogens is 266 g/mol. The Labute approximate surface area is 139 Å². The highest BCUT2D eigenvalue weighted by Crippen LogP contribution is 2.25. The van der Waals surface area contributed by atoms with E-state index in [9.17, 15) is 0 Å². The van der Waals surface area contributed by atoms with Crippen LogP contribution in [0.1, 0.15) is 72.1 Å². The van der Waals surface area contributed by atoms with Crippen molar-refractivity contribution in [2.75, 3.05) is 19.6 Å². The molecule has 1 aliphatic rings. The molecule has 1 unspecified atom stereocenters. The lowest BCUT2D eigenvalue weighted by Gasteiger charge is -2.27. The first kappa shape index (κ1) is 19.2. The SMILES string of the molecule is C=C(/C=C(\C=C/C)CN1CCCCC1)C(CCC)CCCC. The minimum atomic E-state index is 0.673. The highest BCUT2D eigenvalue weighted by molar-refractivity contribution is 5.31. The smallest absolute Gasteiger partial charge is 0.0233 e.